The molecule has 0 bridgehead atoms. The topological polar surface area (TPSA) is 54.2 Å². The molecular weight excluding hydrogens is 256 g/mol. The van der Waals surface area contributed by atoms with Crippen LogP contribution in [-0.4, -0.2) is 40.5 Å². The summed E-state index contributed by atoms with van der Waals surface area (Å²) in [6, 6.07) is 6.36. The molecule has 0 saturated carbocycles. The highest BCUT2D eigenvalue weighted by Gasteiger charge is 2.23. The summed E-state index contributed by atoms with van der Waals surface area (Å²) in [5.74, 6) is 1.55. The van der Waals surface area contributed by atoms with Crippen LogP contribution in [0.2, 0.25) is 0 Å². The Morgan fingerprint density at radius 3 is 3.00 bits per heavy atom. The van der Waals surface area contributed by atoms with Gasteiger partial charge in [-0.2, -0.15) is 0 Å². The second kappa shape index (κ2) is 6.30. The summed E-state index contributed by atoms with van der Waals surface area (Å²) in [4.78, 5) is 7.26. The zero-order valence-electron chi connectivity index (χ0n) is 11.6. The SMILES string of the molecule is CC(C)N1CCC(CNc2cccc(C(N)=S)n2)C1. The molecule has 2 rings (SSSR count). The molecule has 0 amide bonds. The van der Waals surface area contributed by atoms with Gasteiger partial charge in [-0.1, -0.05) is 18.3 Å². The van der Waals surface area contributed by atoms with E-state index in [0.29, 0.717) is 22.6 Å². The van der Waals surface area contributed by atoms with Gasteiger partial charge >= 0.3 is 0 Å². The van der Waals surface area contributed by atoms with Crippen molar-refractivity contribution in [2.75, 3.05) is 25.0 Å². The number of aromatic nitrogens is 1. The maximum absolute atomic E-state index is 5.59. The van der Waals surface area contributed by atoms with Crippen molar-refractivity contribution < 1.29 is 0 Å². The van der Waals surface area contributed by atoms with E-state index in [9.17, 15) is 0 Å². The number of thiocarbonyl (C=S) groups is 1. The molecule has 4 nitrogen and oxygen atoms in total. The number of hydrogen-bond donors (Lipinski definition) is 2. The van der Waals surface area contributed by atoms with Gasteiger partial charge in [0.05, 0.1) is 5.69 Å². The standard InChI is InChI=1S/C14H22N4S/c1-10(2)18-7-6-11(9-18)8-16-13-5-3-4-12(17-13)14(15)19/h3-5,10-11H,6-9H2,1-2H3,(H2,15,19)(H,16,17). The molecule has 104 valence electrons. The summed E-state index contributed by atoms with van der Waals surface area (Å²) in [6.45, 7) is 7.83. The molecule has 0 spiro atoms. The summed E-state index contributed by atoms with van der Waals surface area (Å²) in [5, 5.41) is 3.39. The zero-order chi connectivity index (χ0) is 13.8. The Kier molecular flexibility index (Phi) is 4.71. The number of rotatable bonds is 5. The lowest BCUT2D eigenvalue weighted by molar-refractivity contribution is 0.266. The Morgan fingerprint density at radius 1 is 1.58 bits per heavy atom. The van der Waals surface area contributed by atoms with E-state index in [2.05, 4.69) is 29.0 Å². The first-order valence-corrected chi connectivity index (χ1v) is 7.22. The number of nitrogens with two attached hydrogens (primary N) is 1. The van der Waals surface area contributed by atoms with Crippen molar-refractivity contribution in [2.45, 2.75) is 26.3 Å². The van der Waals surface area contributed by atoms with Gasteiger partial charge in [-0.25, -0.2) is 4.98 Å². The second-order valence-corrected chi connectivity index (χ2v) is 5.84. The molecular formula is C14H22N4S. The molecule has 3 N–H and O–H groups in total. The van der Waals surface area contributed by atoms with Crippen LogP contribution in [-0.2, 0) is 0 Å². The molecule has 1 fully saturated rings. The van der Waals surface area contributed by atoms with Gasteiger partial charge in [0.1, 0.15) is 10.8 Å². The van der Waals surface area contributed by atoms with Gasteiger partial charge in [0, 0.05) is 19.1 Å². The fourth-order valence-corrected chi connectivity index (χ4v) is 2.53. The molecule has 1 aromatic heterocycles. The van der Waals surface area contributed by atoms with Crippen LogP contribution in [0.3, 0.4) is 0 Å². The van der Waals surface area contributed by atoms with Crippen molar-refractivity contribution in [1.82, 2.24) is 9.88 Å². The van der Waals surface area contributed by atoms with Crippen molar-refractivity contribution in [3.63, 3.8) is 0 Å². The van der Waals surface area contributed by atoms with E-state index >= 15 is 0 Å². The lowest BCUT2D eigenvalue weighted by Crippen LogP contribution is -2.29. The molecule has 0 aliphatic carbocycles. The van der Waals surface area contributed by atoms with Crippen LogP contribution >= 0.6 is 12.2 Å². The first-order chi connectivity index (χ1) is 9.06. The van der Waals surface area contributed by atoms with Gasteiger partial charge in [0.2, 0.25) is 0 Å². The highest BCUT2D eigenvalue weighted by Crippen LogP contribution is 2.19. The first-order valence-electron chi connectivity index (χ1n) is 6.81. The number of nitrogens with zero attached hydrogens (tertiary/aromatic N) is 2. The highest BCUT2D eigenvalue weighted by molar-refractivity contribution is 7.80. The Labute approximate surface area is 120 Å². The van der Waals surface area contributed by atoms with Crippen LogP contribution in [0.1, 0.15) is 26.0 Å². The highest BCUT2D eigenvalue weighted by atomic mass is 32.1. The van der Waals surface area contributed by atoms with E-state index in [-0.39, 0.29) is 0 Å². The van der Waals surface area contributed by atoms with E-state index < -0.39 is 0 Å². The molecule has 1 unspecified atom stereocenters. The summed E-state index contributed by atoms with van der Waals surface area (Å²) in [6.07, 6.45) is 1.25. The monoisotopic (exact) mass is 278 g/mol. The minimum atomic E-state index is 0.343. The third kappa shape index (κ3) is 3.88. The number of pyridine rings is 1. The molecule has 1 atom stereocenters. The summed E-state index contributed by atoms with van der Waals surface area (Å²) >= 11 is 4.94. The van der Waals surface area contributed by atoms with Crippen molar-refractivity contribution in [2.24, 2.45) is 11.7 Å². The molecule has 1 aliphatic heterocycles. The lowest BCUT2D eigenvalue weighted by atomic mass is 10.1. The maximum Gasteiger partial charge on any atom is 0.126 e. The van der Waals surface area contributed by atoms with Crippen molar-refractivity contribution in [1.29, 1.82) is 0 Å². The van der Waals surface area contributed by atoms with Crippen molar-refractivity contribution >= 4 is 23.0 Å². The normalized spacial score (nSPS) is 19.8. The van der Waals surface area contributed by atoms with Crippen molar-refractivity contribution in [3.05, 3.63) is 23.9 Å². The lowest BCUT2D eigenvalue weighted by Gasteiger charge is -2.20. The van der Waals surface area contributed by atoms with Gasteiger partial charge in [-0.15, -0.1) is 0 Å². The molecule has 2 heterocycles. The quantitative estimate of drug-likeness (QED) is 0.805. The van der Waals surface area contributed by atoms with E-state index in [4.69, 9.17) is 18.0 Å². The summed E-state index contributed by atoms with van der Waals surface area (Å²) < 4.78 is 0. The number of hydrogen-bond acceptors (Lipinski definition) is 4. The zero-order valence-corrected chi connectivity index (χ0v) is 12.4. The third-order valence-electron chi connectivity index (χ3n) is 3.62. The number of likely N-dealkylation sites (tertiary alicyclic amines) is 1. The smallest absolute Gasteiger partial charge is 0.126 e. The van der Waals surface area contributed by atoms with Gasteiger partial charge in [0.25, 0.3) is 0 Å². The van der Waals surface area contributed by atoms with E-state index in [1.165, 1.54) is 19.5 Å². The average Bonchev–Trinajstić information content (AvgIpc) is 2.85. The maximum atomic E-state index is 5.59. The van der Waals surface area contributed by atoms with Crippen molar-refractivity contribution in [3.8, 4) is 0 Å². The molecule has 5 heteroatoms. The van der Waals surface area contributed by atoms with Crippen LogP contribution < -0.4 is 11.1 Å². The van der Waals surface area contributed by atoms with Crippen LogP contribution in [0.25, 0.3) is 0 Å². The Bertz CT molecular complexity index is 447. The molecule has 0 aromatic carbocycles. The van der Waals surface area contributed by atoms with Gasteiger partial charge in [-0.05, 0) is 44.9 Å². The molecule has 0 radical (unpaired) electrons. The van der Waals surface area contributed by atoms with Gasteiger partial charge < -0.3 is 16.0 Å². The summed E-state index contributed by atoms with van der Waals surface area (Å²) in [7, 11) is 0. The summed E-state index contributed by atoms with van der Waals surface area (Å²) in [5.41, 5.74) is 6.26. The number of anilines is 1. The molecule has 1 aliphatic rings. The average molecular weight is 278 g/mol. The van der Waals surface area contributed by atoms with Crippen LogP contribution in [0.5, 0.6) is 0 Å². The Morgan fingerprint density at radius 2 is 2.37 bits per heavy atom. The molecule has 1 saturated heterocycles. The third-order valence-corrected chi connectivity index (χ3v) is 3.83. The van der Waals surface area contributed by atoms with E-state index in [1.54, 1.807) is 0 Å². The predicted octanol–water partition coefficient (Wildman–Crippen LogP) is 1.86. The van der Waals surface area contributed by atoms with E-state index in [0.717, 1.165) is 12.4 Å². The first kappa shape index (κ1) is 14.2. The van der Waals surface area contributed by atoms with Crippen LogP contribution in [0.4, 0.5) is 5.82 Å². The van der Waals surface area contributed by atoms with Gasteiger partial charge in [-0.3, -0.25) is 0 Å². The fraction of sp³-hybridized carbons (Fsp3) is 0.571. The van der Waals surface area contributed by atoms with Crippen LogP contribution in [0.15, 0.2) is 18.2 Å². The minimum absolute atomic E-state index is 0.343. The molecule has 19 heavy (non-hydrogen) atoms. The van der Waals surface area contributed by atoms with Crippen LogP contribution in [0, 0.1) is 5.92 Å². The second-order valence-electron chi connectivity index (χ2n) is 5.40. The van der Waals surface area contributed by atoms with Gasteiger partial charge in [0.15, 0.2) is 0 Å². The fourth-order valence-electron chi connectivity index (χ4n) is 2.42. The van der Waals surface area contributed by atoms with E-state index in [1.807, 2.05) is 18.2 Å². The predicted molar refractivity (Wildman–Crippen MR) is 83.4 cm³/mol. The Balaban J connectivity index is 1.86. The largest absolute Gasteiger partial charge is 0.388 e. The molecule has 1 aromatic rings. The Hall–Kier alpha value is -1.20. The minimum Gasteiger partial charge on any atom is -0.388 e. The number of nitrogens with one attached hydrogen (secondary N) is 1.